The molecule has 0 bridgehead atoms. The maximum Gasteiger partial charge on any atom is 0.278 e. The maximum absolute atomic E-state index is 12.8. The molecule has 4 rings (SSSR count). The van der Waals surface area contributed by atoms with Crippen molar-refractivity contribution in [3.05, 3.63) is 53.9 Å². The Kier molecular flexibility index (Phi) is 4.49. The number of nitrogens with one attached hydrogen (secondary N) is 1. The van der Waals surface area contributed by atoms with Gasteiger partial charge in [0.25, 0.3) is 5.91 Å². The molecule has 0 radical (unpaired) electrons. The van der Waals surface area contributed by atoms with E-state index in [0.29, 0.717) is 24.7 Å². The molecule has 0 saturated carbocycles. The highest BCUT2D eigenvalue weighted by Gasteiger charge is 2.21. The highest BCUT2D eigenvalue weighted by atomic mass is 32.1. The predicted octanol–water partition coefficient (Wildman–Crippen LogP) is 3.49. The lowest BCUT2D eigenvalue weighted by atomic mass is 10.2. The van der Waals surface area contributed by atoms with Gasteiger partial charge in [0.1, 0.15) is 0 Å². The first kappa shape index (κ1) is 15.9. The molecule has 1 fully saturated rings. The van der Waals surface area contributed by atoms with Crippen molar-refractivity contribution >= 4 is 28.6 Å². The van der Waals surface area contributed by atoms with Gasteiger partial charge in [-0.1, -0.05) is 18.2 Å². The van der Waals surface area contributed by atoms with Gasteiger partial charge >= 0.3 is 0 Å². The summed E-state index contributed by atoms with van der Waals surface area (Å²) in [6.45, 7) is 2.98. The van der Waals surface area contributed by atoms with Crippen molar-refractivity contribution in [2.24, 2.45) is 0 Å². The zero-order chi connectivity index (χ0) is 17.1. The van der Waals surface area contributed by atoms with E-state index in [0.717, 1.165) is 29.3 Å². The molecule has 3 aromatic rings. The Morgan fingerprint density at radius 2 is 2.00 bits per heavy atom. The van der Waals surface area contributed by atoms with E-state index in [4.69, 9.17) is 9.15 Å². The molecule has 0 aliphatic carbocycles. The molecule has 3 heterocycles. The maximum atomic E-state index is 12.8. The van der Waals surface area contributed by atoms with E-state index in [-0.39, 0.29) is 5.91 Å². The van der Waals surface area contributed by atoms with E-state index >= 15 is 0 Å². The van der Waals surface area contributed by atoms with Crippen molar-refractivity contribution < 1.29 is 13.9 Å². The number of benzene rings is 1. The number of nitrogens with zero attached hydrogens (tertiary/aromatic N) is 2. The van der Waals surface area contributed by atoms with Crippen LogP contribution >= 0.6 is 11.3 Å². The Bertz CT molecular complexity index is 854. The number of hydrogen-bond acceptors (Lipinski definition) is 6. The van der Waals surface area contributed by atoms with Crippen LogP contribution in [0.4, 0.5) is 11.4 Å². The average molecular weight is 355 g/mol. The standard InChI is InChI=1S/C18H17N3O3S/c22-18(16-17(24-12-19-16)15-6-3-11-25-15)20-13-4-1-2-5-14(13)21-7-9-23-10-8-21/h1-6,11-12H,7-10H2,(H,20,22). The summed E-state index contributed by atoms with van der Waals surface area (Å²) in [5, 5.41) is 4.91. The van der Waals surface area contributed by atoms with Crippen LogP contribution in [0.2, 0.25) is 0 Å². The van der Waals surface area contributed by atoms with Gasteiger partial charge < -0.3 is 19.4 Å². The Labute approximate surface area is 149 Å². The monoisotopic (exact) mass is 355 g/mol. The smallest absolute Gasteiger partial charge is 0.278 e. The predicted molar refractivity (Wildman–Crippen MR) is 97.2 cm³/mol. The number of amides is 1. The van der Waals surface area contributed by atoms with Crippen molar-refractivity contribution in [3.8, 4) is 10.6 Å². The molecule has 7 heteroatoms. The summed E-state index contributed by atoms with van der Waals surface area (Å²) in [7, 11) is 0. The van der Waals surface area contributed by atoms with Crippen LogP contribution < -0.4 is 10.2 Å². The second-order valence-electron chi connectivity index (χ2n) is 5.58. The molecule has 128 valence electrons. The first-order valence-corrected chi connectivity index (χ1v) is 8.91. The molecule has 1 aromatic carbocycles. The van der Waals surface area contributed by atoms with Crippen molar-refractivity contribution in [2.75, 3.05) is 36.5 Å². The first-order chi connectivity index (χ1) is 12.3. The van der Waals surface area contributed by atoms with Gasteiger partial charge in [-0.2, -0.15) is 0 Å². The Morgan fingerprint density at radius 1 is 1.16 bits per heavy atom. The van der Waals surface area contributed by atoms with Gasteiger partial charge in [-0.05, 0) is 23.6 Å². The van der Waals surface area contributed by atoms with Gasteiger partial charge in [0.15, 0.2) is 17.8 Å². The third-order valence-corrected chi connectivity index (χ3v) is 4.90. The number of hydrogen-bond donors (Lipinski definition) is 1. The molecule has 2 aromatic heterocycles. The number of morpholine rings is 1. The van der Waals surface area contributed by atoms with Crippen LogP contribution in [0.1, 0.15) is 10.5 Å². The molecular weight excluding hydrogens is 338 g/mol. The van der Waals surface area contributed by atoms with Crippen LogP contribution in [-0.2, 0) is 4.74 Å². The van der Waals surface area contributed by atoms with E-state index in [2.05, 4.69) is 15.2 Å². The fourth-order valence-electron chi connectivity index (χ4n) is 2.83. The fourth-order valence-corrected chi connectivity index (χ4v) is 3.54. The van der Waals surface area contributed by atoms with Gasteiger partial charge in [-0.3, -0.25) is 4.79 Å². The van der Waals surface area contributed by atoms with E-state index in [1.54, 1.807) is 0 Å². The summed E-state index contributed by atoms with van der Waals surface area (Å²) in [5.74, 6) is 0.217. The van der Waals surface area contributed by atoms with Crippen LogP contribution in [0, 0.1) is 0 Å². The van der Waals surface area contributed by atoms with Crippen LogP contribution in [-0.4, -0.2) is 37.2 Å². The highest BCUT2D eigenvalue weighted by Crippen LogP contribution is 2.30. The first-order valence-electron chi connectivity index (χ1n) is 8.03. The van der Waals surface area contributed by atoms with E-state index < -0.39 is 0 Å². The second kappa shape index (κ2) is 7.08. The summed E-state index contributed by atoms with van der Waals surface area (Å²) in [6.07, 6.45) is 1.30. The van der Waals surface area contributed by atoms with E-state index in [1.165, 1.54) is 17.7 Å². The van der Waals surface area contributed by atoms with Gasteiger partial charge in [0.2, 0.25) is 0 Å². The number of carbonyl (C=O) groups excluding carboxylic acids is 1. The molecule has 0 spiro atoms. The van der Waals surface area contributed by atoms with Crippen LogP contribution in [0.5, 0.6) is 0 Å². The van der Waals surface area contributed by atoms with Crippen LogP contribution in [0.25, 0.3) is 10.6 Å². The number of oxazole rings is 1. The number of aromatic nitrogens is 1. The SMILES string of the molecule is O=C(Nc1ccccc1N1CCOCC1)c1ncoc1-c1cccs1. The van der Waals surface area contributed by atoms with E-state index in [1.807, 2.05) is 41.8 Å². The molecular formula is C18H17N3O3S. The molecule has 1 aliphatic heterocycles. The number of thiophene rings is 1. The molecule has 6 nitrogen and oxygen atoms in total. The molecule has 1 saturated heterocycles. The topological polar surface area (TPSA) is 67.6 Å². The average Bonchev–Trinajstić information content (AvgIpc) is 3.34. The number of para-hydroxylation sites is 2. The summed E-state index contributed by atoms with van der Waals surface area (Å²) in [5.41, 5.74) is 2.04. The molecule has 0 unspecified atom stereocenters. The largest absolute Gasteiger partial charge is 0.442 e. The second-order valence-corrected chi connectivity index (χ2v) is 6.53. The van der Waals surface area contributed by atoms with Crippen LogP contribution in [0.15, 0.2) is 52.6 Å². The Hall–Kier alpha value is -2.64. The number of anilines is 2. The number of carbonyl (C=O) groups is 1. The summed E-state index contributed by atoms with van der Waals surface area (Å²) in [4.78, 5) is 19.9. The Balaban J connectivity index is 1.59. The van der Waals surface area contributed by atoms with Crippen molar-refractivity contribution in [1.29, 1.82) is 0 Å². The minimum atomic E-state index is -0.280. The molecule has 25 heavy (non-hydrogen) atoms. The summed E-state index contributed by atoms with van der Waals surface area (Å²) >= 11 is 1.51. The molecule has 1 amide bonds. The fraction of sp³-hybridized carbons (Fsp3) is 0.222. The number of ether oxygens (including phenoxy) is 1. The molecule has 1 aliphatic rings. The van der Waals surface area contributed by atoms with Gasteiger partial charge in [0, 0.05) is 13.1 Å². The third kappa shape index (κ3) is 3.29. The highest BCUT2D eigenvalue weighted by molar-refractivity contribution is 7.13. The summed E-state index contributed by atoms with van der Waals surface area (Å²) in [6, 6.07) is 11.6. The van der Waals surface area contributed by atoms with Gasteiger partial charge in [0.05, 0.1) is 29.5 Å². The quantitative estimate of drug-likeness (QED) is 0.776. The van der Waals surface area contributed by atoms with Gasteiger partial charge in [-0.15, -0.1) is 11.3 Å². The minimum Gasteiger partial charge on any atom is -0.442 e. The zero-order valence-corrected chi connectivity index (χ0v) is 14.3. The van der Waals surface area contributed by atoms with E-state index in [9.17, 15) is 4.79 Å². The number of rotatable bonds is 4. The zero-order valence-electron chi connectivity index (χ0n) is 13.5. The lowest BCUT2D eigenvalue weighted by molar-refractivity contribution is 0.102. The lowest BCUT2D eigenvalue weighted by Gasteiger charge is -2.30. The summed E-state index contributed by atoms with van der Waals surface area (Å²) < 4.78 is 10.8. The third-order valence-electron chi connectivity index (χ3n) is 4.03. The Morgan fingerprint density at radius 3 is 2.80 bits per heavy atom. The lowest BCUT2D eigenvalue weighted by Crippen LogP contribution is -2.36. The van der Waals surface area contributed by atoms with Crippen molar-refractivity contribution in [3.63, 3.8) is 0 Å². The van der Waals surface area contributed by atoms with Crippen LogP contribution in [0.3, 0.4) is 0 Å². The minimum absolute atomic E-state index is 0.280. The van der Waals surface area contributed by atoms with Crippen molar-refractivity contribution in [1.82, 2.24) is 4.98 Å². The molecule has 0 atom stereocenters. The van der Waals surface area contributed by atoms with Gasteiger partial charge in [-0.25, -0.2) is 4.98 Å². The van der Waals surface area contributed by atoms with Crippen molar-refractivity contribution in [2.45, 2.75) is 0 Å². The molecule has 1 N–H and O–H groups in total. The normalized spacial score (nSPS) is 14.5.